The number of likely N-dealkylation sites (N-methyl/N-ethyl adjacent to an activating group) is 1. The first kappa shape index (κ1) is 47.2. The zero-order valence-corrected chi connectivity index (χ0v) is 33.1. The Morgan fingerprint density at radius 2 is 1.10 bits per heavy atom. The van der Waals surface area contributed by atoms with Crippen LogP contribution in [0.2, 0.25) is 0 Å². The lowest BCUT2D eigenvalue weighted by Crippen LogP contribution is -2.45. The number of rotatable bonds is 36. The molecule has 8 nitrogen and oxygen atoms in total. The third kappa shape index (κ3) is 33.7. The average molecular weight is 704 g/mol. The Morgan fingerprint density at radius 3 is 1.54 bits per heavy atom. The smallest absolute Gasteiger partial charge is 0.387 e. The quantitative estimate of drug-likeness (QED) is 0.0260. The van der Waals surface area contributed by atoms with Gasteiger partial charge in [0.2, 0.25) is 5.91 Å². The number of unbranched alkanes of at least 4 members (excludes halogenated alkanes) is 23. The van der Waals surface area contributed by atoms with Crippen molar-refractivity contribution in [3.63, 3.8) is 0 Å². The number of hydrogen-bond donors (Lipinski definition) is 3. The summed E-state index contributed by atoms with van der Waals surface area (Å²) >= 11 is 0. The first-order valence-electron chi connectivity index (χ1n) is 20.1. The number of aliphatic hydroxyl groups is 1. The van der Waals surface area contributed by atoms with Gasteiger partial charge in [0.05, 0.1) is 39.9 Å². The number of hydrogen-bond acceptors (Lipinski definition) is 5. The fourth-order valence-electron chi connectivity index (χ4n) is 5.75. The average Bonchev–Trinajstić information content (AvgIpc) is 3.02. The summed E-state index contributed by atoms with van der Waals surface area (Å²) in [5, 5.41) is 13.7. The lowest BCUT2D eigenvalue weighted by Gasteiger charge is -2.25. The predicted octanol–water partition coefficient (Wildman–Crippen LogP) is 10.4. The Labute approximate surface area is 297 Å². The zero-order chi connectivity index (χ0) is 35.8. The van der Waals surface area contributed by atoms with Crippen molar-refractivity contribution in [3.8, 4) is 0 Å². The predicted molar refractivity (Wildman–Crippen MR) is 203 cm³/mol. The van der Waals surface area contributed by atoms with E-state index in [9.17, 15) is 19.4 Å². The molecule has 0 aromatic carbocycles. The van der Waals surface area contributed by atoms with E-state index in [4.69, 9.17) is 9.05 Å². The zero-order valence-electron chi connectivity index (χ0n) is 32.2. The van der Waals surface area contributed by atoms with Gasteiger partial charge in [-0.05, 0) is 19.3 Å². The molecule has 0 aliphatic heterocycles. The number of allylic oxidation sites excluding steroid dienone is 1. The summed E-state index contributed by atoms with van der Waals surface area (Å²) in [6.07, 6.45) is 34.2. The summed E-state index contributed by atoms with van der Waals surface area (Å²) in [4.78, 5) is 23.0. The number of amides is 1. The summed E-state index contributed by atoms with van der Waals surface area (Å²) in [5.41, 5.74) is 0. The van der Waals surface area contributed by atoms with Crippen LogP contribution in [-0.2, 0) is 18.4 Å². The number of phosphoric ester groups is 1. The summed E-state index contributed by atoms with van der Waals surface area (Å²) in [5.74, 6) is -0.178. The molecule has 0 aromatic rings. The number of quaternary nitrogens is 1. The minimum absolute atomic E-state index is 0.0640. The highest BCUT2D eigenvalue weighted by molar-refractivity contribution is 7.47. The van der Waals surface area contributed by atoms with Gasteiger partial charge < -0.3 is 19.8 Å². The van der Waals surface area contributed by atoms with Gasteiger partial charge in [-0.3, -0.25) is 13.8 Å². The minimum atomic E-state index is -4.32. The Hall–Kier alpha value is -0.760. The molecule has 3 unspecified atom stereocenters. The summed E-state index contributed by atoms with van der Waals surface area (Å²) in [6.45, 7) is 4.78. The van der Waals surface area contributed by atoms with E-state index in [0.717, 1.165) is 38.5 Å². The first-order valence-corrected chi connectivity index (χ1v) is 21.6. The summed E-state index contributed by atoms with van der Waals surface area (Å²) < 4.78 is 23.4. The van der Waals surface area contributed by atoms with Crippen molar-refractivity contribution in [1.29, 1.82) is 0 Å². The molecule has 0 fully saturated rings. The Bertz CT molecular complexity index is 804. The molecule has 0 saturated carbocycles. The van der Waals surface area contributed by atoms with Gasteiger partial charge in [-0.15, -0.1) is 0 Å². The van der Waals surface area contributed by atoms with E-state index in [0.29, 0.717) is 17.4 Å². The Kier molecular flexibility index (Phi) is 31.7. The van der Waals surface area contributed by atoms with Crippen molar-refractivity contribution in [2.75, 3.05) is 40.9 Å². The van der Waals surface area contributed by atoms with E-state index in [1.807, 2.05) is 27.2 Å². The summed E-state index contributed by atoms with van der Waals surface area (Å²) in [6, 6.07) is -0.837. The fraction of sp³-hybridized carbons (Fsp3) is 0.923. The molecule has 0 bridgehead atoms. The van der Waals surface area contributed by atoms with Crippen molar-refractivity contribution in [2.45, 2.75) is 193 Å². The van der Waals surface area contributed by atoms with Gasteiger partial charge in [0, 0.05) is 6.42 Å². The molecule has 3 N–H and O–H groups in total. The highest BCUT2D eigenvalue weighted by Gasteiger charge is 2.27. The van der Waals surface area contributed by atoms with Crippen LogP contribution in [0.5, 0.6) is 0 Å². The third-order valence-corrected chi connectivity index (χ3v) is 9.99. The number of nitrogens with zero attached hydrogens (tertiary/aromatic N) is 1. The molecule has 9 heteroatoms. The van der Waals surface area contributed by atoms with Crippen LogP contribution in [0.4, 0.5) is 0 Å². The molecule has 0 saturated heterocycles. The van der Waals surface area contributed by atoms with Crippen LogP contribution in [0.25, 0.3) is 0 Å². The second kappa shape index (κ2) is 32.2. The van der Waals surface area contributed by atoms with Crippen molar-refractivity contribution in [3.05, 3.63) is 12.2 Å². The molecular weight excluding hydrogens is 623 g/mol. The van der Waals surface area contributed by atoms with Crippen molar-refractivity contribution < 1.29 is 32.9 Å². The molecule has 48 heavy (non-hydrogen) atoms. The monoisotopic (exact) mass is 704 g/mol. The summed E-state index contributed by atoms with van der Waals surface area (Å²) in [7, 11) is 1.58. The molecule has 1 amide bonds. The van der Waals surface area contributed by atoms with E-state index in [2.05, 4.69) is 19.2 Å². The molecule has 0 aromatic heterocycles. The normalized spacial score (nSPS) is 14.7. The van der Waals surface area contributed by atoms with Crippen LogP contribution < -0.4 is 5.32 Å². The first-order chi connectivity index (χ1) is 23.0. The van der Waals surface area contributed by atoms with E-state index < -0.39 is 20.0 Å². The van der Waals surface area contributed by atoms with E-state index in [1.54, 1.807) is 6.08 Å². The maximum absolute atomic E-state index is 12.8. The Balaban J connectivity index is 4.36. The molecule has 286 valence electrons. The molecular formula is C39H80N2O6P+. The van der Waals surface area contributed by atoms with E-state index in [1.165, 1.54) is 122 Å². The second-order valence-electron chi connectivity index (χ2n) is 15.0. The standard InChI is InChI=1S/C39H79N2O6P/c1-6-8-10-12-14-16-17-18-19-20-21-22-23-25-27-29-31-33-39(43)40-37(36-47-48(44,45)46-35-34-41(3,4)5)38(42)32-30-28-26-24-15-13-11-9-7-2/h30,32,37-38,42H,6-29,31,33-36H2,1-5H3,(H-,40,43,44,45)/p+1/b32-30+. The maximum Gasteiger partial charge on any atom is 0.472 e. The third-order valence-electron chi connectivity index (χ3n) is 9.01. The number of nitrogens with one attached hydrogen (secondary N) is 1. The van der Waals surface area contributed by atoms with Gasteiger partial charge in [-0.1, -0.05) is 167 Å². The molecule has 0 rings (SSSR count). The van der Waals surface area contributed by atoms with Crippen LogP contribution in [0.15, 0.2) is 12.2 Å². The largest absolute Gasteiger partial charge is 0.472 e. The maximum atomic E-state index is 12.8. The second-order valence-corrected chi connectivity index (χ2v) is 16.5. The molecule has 3 atom stereocenters. The highest BCUT2D eigenvalue weighted by Crippen LogP contribution is 2.43. The topological polar surface area (TPSA) is 105 Å². The van der Waals surface area contributed by atoms with Crippen LogP contribution >= 0.6 is 7.82 Å². The number of carbonyl (C=O) groups is 1. The fourth-order valence-corrected chi connectivity index (χ4v) is 6.48. The van der Waals surface area contributed by atoms with Crippen molar-refractivity contribution in [2.24, 2.45) is 0 Å². The molecule has 0 spiro atoms. The van der Waals surface area contributed by atoms with Gasteiger partial charge in [-0.2, -0.15) is 0 Å². The number of phosphoric acid groups is 1. The van der Waals surface area contributed by atoms with Gasteiger partial charge in [-0.25, -0.2) is 4.57 Å². The van der Waals surface area contributed by atoms with Gasteiger partial charge in [0.15, 0.2) is 0 Å². The lowest BCUT2D eigenvalue weighted by molar-refractivity contribution is -0.870. The highest BCUT2D eigenvalue weighted by atomic mass is 31.2. The lowest BCUT2D eigenvalue weighted by atomic mass is 10.0. The van der Waals surface area contributed by atoms with Gasteiger partial charge in [0.1, 0.15) is 13.2 Å². The SMILES string of the molecule is CCCCCCCCC/C=C/C(O)C(COP(=O)(O)OCC[N+](C)(C)C)NC(=O)CCCCCCCCCCCCCCCCCCC. The molecule has 0 aliphatic carbocycles. The van der Waals surface area contributed by atoms with Crippen LogP contribution in [0.3, 0.4) is 0 Å². The molecule has 0 heterocycles. The Morgan fingerprint density at radius 1 is 0.688 bits per heavy atom. The molecule has 0 aliphatic rings. The number of carbonyl (C=O) groups excluding carboxylic acids is 1. The van der Waals surface area contributed by atoms with E-state index in [-0.39, 0.29) is 19.1 Å². The van der Waals surface area contributed by atoms with Crippen LogP contribution in [0.1, 0.15) is 181 Å². The van der Waals surface area contributed by atoms with E-state index >= 15 is 0 Å². The number of aliphatic hydroxyl groups excluding tert-OH is 1. The molecule has 0 radical (unpaired) electrons. The van der Waals surface area contributed by atoms with Gasteiger partial charge in [0.25, 0.3) is 0 Å². The minimum Gasteiger partial charge on any atom is -0.387 e. The van der Waals surface area contributed by atoms with Crippen LogP contribution in [-0.4, -0.2) is 73.4 Å². The van der Waals surface area contributed by atoms with Crippen LogP contribution in [0, 0.1) is 0 Å². The van der Waals surface area contributed by atoms with Crippen molar-refractivity contribution >= 4 is 13.7 Å². The van der Waals surface area contributed by atoms with Gasteiger partial charge >= 0.3 is 7.82 Å². The van der Waals surface area contributed by atoms with Crippen molar-refractivity contribution in [1.82, 2.24) is 5.32 Å².